The molecule has 16 heavy (non-hydrogen) atoms. The van der Waals surface area contributed by atoms with Crippen molar-refractivity contribution < 1.29 is 5.11 Å². The number of benzene rings is 1. The minimum atomic E-state index is 0.132. The monoisotopic (exact) mass is 219 g/mol. The normalized spacial score (nSPS) is 25.1. The van der Waals surface area contributed by atoms with Gasteiger partial charge >= 0.3 is 0 Å². The first-order chi connectivity index (χ1) is 7.76. The summed E-state index contributed by atoms with van der Waals surface area (Å²) in [5, 5.41) is 9.03. The van der Waals surface area contributed by atoms with Crippen molar-refractivity contribution in [1.29, 1.82) is 0 Å². The van der Waals surface area contributed by atoms with Crippen molar-refractivity contribution in [3.8, 4) is 0 Å². The number of anilines is 1. The Morgan fingerprint density at radius 1 is 1.25 bits per heavy atom. The summed E-state index contributed by atoms with van der Waals surface area (Å²) in [5.41, 5.74) is 2.29. The molecule has 1 aromatic carbocycles. The maximum absolute atomic E-state index is 9.03. The van der Waals surface area contributed by atoms with Crippen molar-refractivity contribution in [2.45, 2.75) is 51.8 Å². The molecule has 1 aromatic rings. The number of aliphatic hydroxyl groups is 1. The van der Waals surface area contributed by atoms with E-state index in [9.17, 15) is 0 Å². The van der Waals surface area contributed by atoms with E-state index in [0.717, 1.165) is 5.56 Å². The van der Waals surface area contributed by atoms with E-state index in [0.29, 0.717) is 12.1 Å². The summed E-state index contributed by atoms with van der Waals surface area (Å²) in [7, 11) is 0. The van der Waals surface area contributed by atoms with E-state index in [2.05, 4.69) is 30.9 Å². The summed E-state index contributed by atoms with van der Waals surface area (Å²) in [6, 6.07) is 9.65. The fraction of sp³-hybridized carbons (Fsp3) is 0.571. The topological polar surface area (TPSA) is 23.5 Å². The molecular weight excluding hydrogens is 198 g/mol. The van der Waals surface area contributed by atoms with E-state index in [1.54, 1.807) is 0 Å². The minimum absolute atomic E-state index is 0.132. The van der Waals surface area contributed by atoms with Crippen molar-refractivity contribution in [3.05, 3.63) is 29.8 Å². The van der Waals surface area contributed by atoms with Crippen LogP contribution in [-0.4, -0.2) is 17.2 Å². The smallest absolute Gasteiger partial charge is 0.0681 e. The van der Waals surface area contributed by atoms with E-state index >= 15 is 0 Å². The Hall–Kier alpha value is -1.02. The number of rotatable bonds is 3. The van der Waals surface area contributed by atoms with Gasteiger partial charge in [-0.3, -0.25) is 0 Å². The van der Waals surface area contributed by atoms with Gasteiger partial charge in [-0.25, -0.2) is 0 Å². The Bertz CT molecular complexity index is 333. The summed E-state index contributed by atoms with van der Waals surface area (Å²) in [6.07, 6.45) is 3.81. The predicted octanol–water partition coefficient (Wildman–Crippen LogP) is 2.95. The molecule has 1 saturated heterocycles. The van der Waals surface area contributed by atoms with Crippen LogP contribution < -0.4 is 4.90 Å². The molecule has 2 heteroatoms. The summed E-state index contributed by atoms with van der Waals surface area (Å²) in [6.45, 7) is 4.69. The third-order valence-electron chi connectivity index (χ3n) is 3.67. The van der Waals surface area contributed by atoms with Crippen LogP contribution >= 0.6 is 0 Å². The van der Waals surface area contributed by atoms with Crippen LogP contribution in [-0.2, 0) is 6.61 Å². The van der Waals surface area contributed by atoms with Gasteiger partial charge in [-0.1, -0.05) is 19.1 Å². The molecule has 88 valence electrons. The van der Waals surface area contributed by atoms with Crippen LogP contribution in [0.2, 0.25) is 0 Å². The highest BCUT2D eigenvalue weighted by atomic mass is 16.3. The van der Waals surface area contributed by atoms with Gasteiger partial charge in [-0.05, 0) is 43.9 Å². The maximum Gasteiger partial charge on any atom is 0.0681 e. The highest BCUT2D eigenvalue weighted by Crippen LogP contribution is 2.31. The summed E-state index contributed by atoms with van der Waals surface area (Å²) >= 11 is 0. The molecule has 0 aromatic heterocycles. The van der Waals surface area contributed by atoms with Crippen LogP contribution in [0.5, 0.6) is 0 Å². The van der Waals surface area contributed by atoms with Crippen LogP contribution in [0.4, 0.5) is 5.69 Å². The summed E-state index contributed by atoms with van der Waals surface area (Å²) in [4.78, 5) is 2.53. The summed E-state index contributed by atoms with van der Waals surface area (Å²) in [5.74, 6) is 0. The maximum atomic E-state index is 9.03. The van der Waals surface area contributed by atoms with Gasteiger partial charge in [0.2, 0.25) is 0 Å². The van der Waals surface area contributed by atoms with E-state index in [4.69, 9.17) is 5.11 Å². The zero-order chi connectivity index (χ0) is 11.5. The van der Waals surface area contributed by atoms with E-state index in [1.807, 2.05) is 12.1 Å². The van der Waals surface area contributed by atoms with Crippen LogP contribution in [0.3, 0.4) is 0 Å². The van der Waals surface area contributed by atoms with Gasteiger partial charge in [-0.2, -0.15) is 0 Å². The predicted molar refractivity (Wildman–Crippen MR) is 67.6 cm³/mol. The van der Waals surface area contributed by atoms with Crippen LogP contribution in [0.25, 0.3) is 0 Å². The fourth-order valence-electron chi connectivity index (χ4n) is 2.71. The van der Waals surface area contributed by atoms with Crippen molar-refractivity contribution in [1.82, 2.24) is 0 Å². The first-order valence-electron chi connectivity index (χ1n) is 6.24. The molecule has 2 unspecified atom stereocenters. The molecule has 0 saturated carbocycles. The molecule has 1 heterocycles. The molecule has 0 spiro atoms. The van der Waals surface area contributed by atoms with Gasteiger partial charge in [0.1, 0.15) is 0 Å². The number of hydrogen-bond donors (Lipinski definition) is 1. The highest BCUT2D eigenvalue weighted by Gasteiger charge is 2.28. The first kappa shape index (κ1) is 11.5. The Balaban J connectivity index is 2.21. The van der Waals surface area contributed by atoms with Crippen LogP contribution in [0.1, 0.15) is 38.7 Å². The second-order valence-corrected chi connectivity index (χ2v) is 4.72. The number of hydrogen-bond acceptors (Lipinski definition) is 2. The van der Waals surface area contributed by atoms with Gasteiger partial charge in [0.05, 0.1) is 6.61 Å². The quantitative estimate of drug-likeness (QED) is 0.845. The zero-order valence-corrected chi connectivity index (χ0v) is 10.2. The minimum Gasteiger partial charge on any atom is -0.392 e. The third-order valence-corrected chi connectivity index (χ3v) is 3.67. The lowest BCUT2D eigenvalue weighted by molar-refractivity contribution is 0.282. The third kappa shape index (κ3) is 2.07. The van der Waals surface area contributed by atoms with Gasteiger partial charge in [0, 0.05) is 17.8 Å². The van der Waals surface area contributed by atoms with Crippen LogP contribution in [0, 0.1) is 0 Å². The molecule has 0 aliphatic carbocycles. The second-order valence-electron chi connectivity index (χ2n) is 4.72. The molecule has 1 N–H and O–H groups in total. The summed E-state index contributed by atoms with van der Waals surface area (Å²) < 4.78 is 0. The molecule has 1 fully saturated rings. The molecule has 2 atom stereocenters. The van der Waals surface area contributed by atoms with Crippen molar-refractivity contribution in [2.75, 3.05) is 4.90 Å². The average molecular weight is 219 g/mol. The van der Waals surface area contributed by atoms with Gasteiger partial charge < -0.3 is 10.0 Å². The van der Waals surface area contributed by atoms with Gasteiger partial charge in [0.15, 0.2) is 0 Å². The molecule has 0 amide bonds. The van der Waals surface area contributed by atoms with E-state index < -0.39 is 0 Å². The largest absolute Gasteiger partial charge is 0.392 e. The SMILES string of the molecule is CCC1CCC(C)N1c1ccc(CO)cc1. The Kier molecular flexibility index (Phi) is 3.49. The molecule has 1 aliphatic heterocycles. The number of aliphatic hydroxyl groups excluding tert-OH is 1. The van der Waals surface area contributed by atoms with Gasteiger partial charge in [0.25, 0.3) is 0 Å². The first-order valence-corrected chi connectivity index (χ1v) is 6.24. The molecule has 0 radical (unpaired) electrons. The molecule has 2 rings (SSSR count). The molecule has 0 bridgehead atoms. The van der Waals surface area contributed by atoms with E-state index in [-0.39, 0.29) is 6.61 Å². The lowest BCUT2D eigenvalue weighted by Gasteiger charge is -2.30. The van der Waals surface area contributed by atoms with Crippen LogP contribution in [0.15, 0.2) is 24.3 Å². The average Bonchev–Trinajstić information content (AvgIpc) is 2.70. The molecule has 1 aliphatic rings. The van der Waals surface area contributed by atoms with Crippen molar-refractivity contribution in [2.24, 2.45) is 0 Å². The van der Waals surface area contributed by atoms with Crippen molar-refractivity contribution >= 4 is 5.69 Å². The molecule has 2 nitrogen and oxygen atoms in total. The lowest BCUT2D eigenvalue weighted by atomic mass is 10.1. The standard InChI is InChI=1S/C14H21NO/c1-3-13-7-4-11(2)15(13)14-8-5-12(10-16)6-9-14/h5-6,8-9,11,13,16H,3-4,7,10H2,1-2H3. The van der Waals surface area contributed by atoms with Gasteiger partial charge in [-0.15, -0.1) is 0 Å². The Labute approximate surface area is 97.9 Å². The Morgan fingerprint density at radius 3 is 2.50 bits per heavy atom. The van der Waals surface area contributed by atoms with Crippen molar-refractivity contribution in [3.63, 3.8) is 0 Å². The fourth-order valence-corrected chi connectivity index (χ4v) is 2.71. The number of nitrogens with zero attached hydrogens (tertiary/aromatic N) is 1. The van der Waals surface area contributed by atoms with E-state index in [1.165, 1.54) is 24.9 Å². The second kappa shape index (κ2) is 4.88. The zero-order valence-electron chi connectivity index (χ0n) is 10.2. The molecular formula is C14H21NO. The Morgan fingerprint density at radius 2 is 1.94 bits per heavy atom. The highest BCUT2D eigenvalue weighted by molar-refractivity contribution is 5.50. The lowest BCUT2D eigenvalue weighted by Crippen LogP contribution is -2.33.